The van der Waals surface area contributed by atoms with E-state index < -0.39 is 0 Å². The highest BCUT2D eigenvalue weighted by Gasteiger charge is 2.40. The lowest BCUT2D eigenvalue weighted by molar-refractivity contribution is 0.191. The number of piperazine rings is 1. The molecule has 0 radical (unpaired) electrons. The molecule has 3 heterocycles. The highest BCUT2D eigenvalue weighted by molar-refractivity contribution is 5.94. The molecular formula is C21H24FN5O. The molecule has 1 N–H and O–H groups in total. The zero-order valence-corrected chi connectivity index (χ0v) is 16.2. The molecule has 2 fully saturated rings. The summed E-state index contributed by atoms with van der Waals surface area (Å²) in [5.41, 5.74) is 2.21. The van der Waals surface area contributed by atoms with Gasteiger partial charge in [-0.25, -0.2) is 9.37 Å². The zero-order valence-electron chi connectivity index (χ0n) is 16.2. The number of pyridine rings is 1. The Morgan fingerprint density at radius 2 is 1.93 bits per heavy atom. The van der Waals surface area contributed by atoms with Crippen molar-refractivity contribution in [3.63, 3.8) is 0 Å². The van der Waals surface area contributed by atoms with E-state index in [2.05, 4.69) is 38.1 Å². The molecule has 0 unspecified atom stereocenters. The molecule has 0 bridgehead atoms. The van der Waals surface area contributed by atoms with Crippen LogP contribution in [-0.2, 0) is 0 Å². The molecule has 1 aliphatic carbocycles. The number of aromatic amines is 1. The van der Waals surface area contributed by atoms with Crippen LogP contribution in [-0.4, -0.2) is 58.9 Å². The van der Waals surface area contributed by atoms with Gasteiger partial charge < -0.3 is 14.5 Å². The predicted molar refractivity (Wildman–Crippen MR) is 107 cm³/mol. The van der Waals surface area contributed by atoms with Crippen LogP contribution >= 0.6 is 0 Å². The van der Waals surface area contributed by atoms with Crippen LogP contribution in [0.15, 0.2) is 30.5 Å². The average Bonchev–Trinajstić information content (AvgIpc) is 3.28. The highest BCUT2D eigenvalue weighted by Crippen LogP contribution is 2.41. The van der Waals surface area contributed by atoms with Gasteiger partial charge in [0, 0.05) is 49.4 Å². The Kier molecular flexibility index (Phi) is 4.01. The second-order valence-corrected chi connectivity index (χ2v) is 8.14. The van der Waals surface area contributed by atoms with E-state index >= 15 is 0 Å². The van der Waals surface area contributed by atoms with Gasteiger partial charge in [-0.1, -0.05) is 0 Å². The van der Waals surface area contributed by atoms with Gasteiger partial charge in [0.15, 0.2) is 11.6 Å². The minimum atomic E-state index is -0.369. The Balaban J connectivity index is 1.50. The van der Waals surface area contributed by atoms with Gasteiger partial charge in [-0.05, 0) is 45.0 Å². The maximum absolute atomic E-state index is 14.4. The summed E-state index contributed by atoms with van der Waals surface area (Å²) in [5, 5.41) is 8.23. The van der Waals surface area contributed by atoms with Crippen molar-refractivity contribution < 1.29 is 9.13 Å². The normalized spacial score (nSPS) is 19.2. The highest BCUT2D eigenvalue weighted by atomic mass is 19.1. The number of hydrogen-bond donors (Lipinski definition) is 1. The third-order valence-corrected chi connectivity index (χ3v) is 5.78. The van der Waals surface area contributed by atoms with Gasteiger partial charge in [-0.2, -0.15) is 5.10 Å². The Bertz CT molecular complexity index is 1020. The Hall–Kier alpha value is -2.67. The SMILES string of the molecule is CN1CCN(c2cc(-c3[nH]nc4cc(F)c(OC5(C)CC5)cc34)ccn2)CC1. The van der Waals surface area contributed by atoms with Gasteiger partial charge in [0.05, 0.1) is 11.2 Å². The van der Waals surface area contributed by atoms with Crippen LogP contribution in [0.25, 0.3) is 22.2 Å². The number of nitrogens with one attached hydrogen (secondary N) is 1. The Morgan fingerprint density at radius 1 is 1.14 bits per heavy atom. The van der Waals surface area contributed by atoms with Crippen LogP contribution in [0.3, 0.4) is 0 Å². The van der Waals surface area contributed by atoms with Gasteiger partial charge in [0.1, 0.15) is 11.4 Å². The summed E-state index contributed by atoms with van der Waals surface area (Å²) in [4.78, 5) is 9.17. The van der Waals surface area contributed by atoms with E-state index in [9.17, 15) is 4.39 Å². The van der Waals surface area contributed by atoms with E-state index in [0.29, 0.717) is 11.3 Å². The monoisotopic (exact) mass is 381 g/mol. The zero-order chi connectivity index (χ0) is 19.3. The van der Waals surface area contributed by atoms with Crippen molar-refractivity contribution in [2.24, 2.45) is 0 Å². The van der Waals surface area contributed by atoms with Gasteiger partial charge in [-0.3, -0.25) is 5.10 Å². The molecule has 3 aromatic rings. The fraction of sp³-hybridized carbons (Fsp3) is 0.429. The number of ether oxygens (including phenoxy) is 1. The number of nitrogens with zero attached hydrogens (tertiary/aromatic N) is 4. The van der Waals surface area contributed by atoms with Crippen molar-refractivity contribution in [3.8, 4) is 17.0 Å². The third kappa shape index (κ3) is 3.20. The topological polar surface area (TPSA) is 57.3 Å². The molecule has 1 aliphatic heterocycles. The van der Waals surface area contributed by atoms with Crippen LogP contribution < -0.4 is 9.64 Å². The molecule has 6 nitrogen and oxygen atoms in total. The minimum absolute atomic E-state index is 0.232. The first-order valence-corrected chi connectivity index (χ1v) is 9.77. The predicted octanol–water partition coefficient (Wildman–Crippen LogP) is 3.45. The van der Waals surface area contributed by atoms with E-state index in [0.717, 1.165) is 61.5 Å². The molecule has 1 saturated carbocycles. The van der Waals surface area contributed by atoms with Crippen LogP contribution in [0.2, 0.25) is 0 Å². The number of aromatic nitrogens is 3. The molecule has 0 atom stereocenters. The maximum Gasteiger partial charge on any atom is 0.167 e. The molecule has 2 aromatic heterocycles. The van der Waals surface area contributed by atoms with Crippen molar-refractivity contribution in [1.29, 1.82) is 0 Å². The average molecular weight is 381 g/mol. The van der Waals surface area contributed by atoms with Crippen molar-refractivity contribution >= 4 is 16.7 Å². The van der Waals surface area contributed by atoms with E-state index in [1.165, 1.54) is 6.07 Å². The van der Waals surface area contributed by atoms with Gasteiger partial charge >= 0.3 is 0 Å². The van der Waals surface area contributed by atoms with Crippen molar-refractivity contribution in [2.45, 2.75) is 25.4 Å². The summed E-state index contributed by atoms with van der Waals surface area (Å²) in [7, 11) is 2.14. The van der Waals surface area contributed by atoms with Crippen molar-refractivity contribution in [2.75, 3.05) is 38.1 Å². The molecule has 0 amide bonds. The van der Waals surface area contributed by atoms with Gasteiger partial charge in [0.25, 0.3) is 0 Å². The summed E-state index contributed by atoms with van der Waals surface area (Å²) in [5.74, 6) is 0.882. The first-order chi connectivity index (χ1) is 13.5. The summed E-state index contributed by atoms with van der Waals surface area (Å²) in [6, 6.07) is 7.24. The number of benzene rings is 1. The molecule has 1 aromatic carbocycles. The van der Waals surface area contributed by atoms with Crippen LogP contribution in [0.5, 0.6) is 5.75 Å². The quantitative estimate of drug-likeness (QED) is 0.750. The number of fused-ring (bicyclic) bond motifs is 1. The summed E-state index contributed by atoms with van der Waals surface area (Å²) in [6.07, 6.45) is 3.74. The van der Waals surface area contributed by atoms with E-state index in [1.807, 2.05) is 19.2 Å². The molecule has 5 rings (SSSR count). The summed E-state index contributed by atoms with van der Waals surface area (Å²) >= 11 is 0. The third-order valence-electron chi connectivity index (χ3n) is 5.78. The molecule has 7 heteroatoms. The maximum atomic E-state index is 14.4. The standard InChI is InChI=1S/C21H24FN5O/c1-21(4-5-21)28-18-12-15-17(13-16(18)22)24-25-20(15)14-3-6-23-19(11-14)27-9-7-26(2)8-10-27/h3,6,11-13H,4-5,7-10H2,1-2H3,(H,24,25). The molecule has 146 valence electrons. The Labute approximate surface area is 163 Å². The molecule has 1 saturated heterocycles. The molecule has 28 heavy (non-hydrogen) atoms. The smallest absolute Gasteiger partial charge is 0.167 e. The molecular weight excluding hydrogens is 357 g/mol. The summed E-state index contributed by atoms with van der Waals surface area (Å²) in [6.45, 7) is 5.98. The number of rotatable bonds is 4. The second-order valence-electron chi connectivity index (χ2n) is 8.14. The fourth-order valence-corrected chi connectivity index (χ4v) is 3.64. The number of H-pyrrole nitrogens is 1. The lowest BCUT2D eigenvalue weighted by atomic mass is 10.1. The Morgan fingerprint density at radius 3 is 2.68 bits per heavy atom. The second kappa shape index (κ2) is 6.44. The number of hydrogen-bond acceptors (Lipinski definition) is 5. The first-order valence-electron chi connectivity index (χ1n) is 9.77. The minimum Gasteiger partial charge on any atom is -0.484 e. The van der Waals surface area contributed by atoms with E-state index in [4.69, 9.17) is 4.74 Å². The molecule has 0 spiro atoms. The van der Waals surface area contributed by atoms with E-state index in [1.54, 1.807) is 6.07 Å². The fourth-order valence-electron chi connectivity index (χ4n) is 3.64. The lowest BCUT2D eigenvalue weighted by Crippen LogP contribution is -2.44. The number of anilines is 1. The van der Waals surface area contributed by atoms with Crippen LogP contribution in [0, 0.1) is 5.82 Å². The number of halogens is 1. The summed E-state index contributed by atoms with van der Waals surface area (Å²) < 4.78 is 20.3. The van der Waals surface area contributed by atoms with Gasteiger partial charge in [0.2, 0.25) is 0 Å². The first kappa shape index (κ1) is 17.4. The van der Waals surface area contributed by atoms with Gasteiger partial charge in [-0.15, -0.1) is 0 Å². The molecule has 2 aliphatic rings. The van der Waals surface area contributed by atoms with Crippen LogP contribution in [0.1, 0.15) is 19.8 Å². The lowest BCUT2D eigenvalue weighted by Gasteiger charge is -2.33. The van der Waals surface area contributed by atoms with Crippen molar-refractivity contribution in [3.05, 3.63) is 36.3 Å². The van der Waals surface area contributed by atoms with Crippen molar-refractivity contribution in [1.82, 2.24) is 20.1 Å². The van der Waals surface area contributed by atoms with Crippen LogP contribution in [0.4, 0.5) is 10.2 Å². The van der Waals surface area contributed by atoms with E-state index in [-0.39, 0.29) is 11.4 Å². The largest absolute Gasteiger partial charge is 0.484 e. The number of likely N-dealkylation sites (N-methyl/N-ethyl adjacent to an activating group) is 1.